The van der Waals surface area contributed by atoms with E-state index in [9.17, 15) is 9.59 Å². The topological polar surface area (TPSA) is 118 Å². The predicted octanol–water partition coefficient (Wildman–Crippen LogP) is 4.63. The molecule has 0 aliphatic carbocycles. The van der Waals surface area contributed by atoms with Crippen LogP contribution in [0.5, 0.6) is 5.75 Å². The molecule has 3 N–H and O–H groups in total. The Morgan fingerprint density at radius 2 is 1.83 bits per heavy atom. The van der Waals surface area contributed by atoms with E-state index in [0.29, 0.717) is 45.5 Å². The molecule has 4 rings (SSSR count). The quantitative estimate of drug-likeness (QED) is 0.270. The number of rotatable bonds is 10. The summed E-state index contributed by atoms with van der Waals surface area (Å²) < 4.78 is 5.82. The molecule has 2 aromatic heterocycles. The third kappa shape index (κ3) is 6.55. The number of fused-ring (bicyclic) bond motifs is 1. The summed E-state index contributed by atoms with van der Waals surface area (Å²) in [4.78, 5) is 36.1. The third-order valence-corrected chi connectivity index (χ3v) is 5.39. The summed E-state index contributed by atoms with van der Waals surface area (Å²) in [7, 11) is 0. The number of anilines is 3. The zero-order valence-corrected chi connectivity index (χ0v) is 20.0. The monoisotopic (exact) mass is 502 g/mol. The molecule has 0 bridgehead atoms. The van der Waals surface area contributed by atoms with Gasteiger partial charge in [-0.15, -0.1) is 0 Å². The molecule has 0 aliphatic rings. The number of ether oxygens (including phenoxy) is 1. The number of pyridine rings is 1. The lowest BCUT2D eigenvalue weighted by atomic mass is 10.2. The Morgan fingerprint density at radius 1 is 1.03 bits per heavy atom. The molecule has 0 saturated carbocycles. The predicted molar refractivity (Wildman–Crippen MR) is 139 cm³/mol. The van der Waals surface area contributed by atoms with E-state index in [1.54, 1.807) is 42.7 Å². The van der Waals surface area contributed by atoms with Crippen molar-refractivity contribution in [3.8, 4) is 5.75 Å². The molecule has 0 saturated heterocycles. The minimum absolute atomic E-state index is 0.127. The highest BCUT2D eigenvalue weighted by molar-refractivity contribution is 6.32. The molecule has 0 aliphatic heterocycles. The number of hydrogen-bond donors (Lipinski definition) is 3. The zero-order valence-electron chi connectivity index (χ0n) is 19.2. The van der Waals surface area contributed by atoms with Crippen LogP contribution in [0.1, 0.15) is 12.0 Å². The number of benzene rings is 2. The molecule has 4 aromatic rings. The molecule has 2 heterocycles. The molecule has 0 fully saturated rings. The van der Waals surface area contributed by atoms with Gasteiger partial charge in [-0.05, 0) is 60.2 Å². The van der Waals surface area contributed by atoms with Gasteiger partial charge in [-0.25, -0.2) is 9.97 Å². The highest BCUT2D eigenvalue weighted by Gasteiger charge is 2.10. The molecule has 182 valence electrons. The van der Waals surface area contributed by atoms with E-state index in [4.69, 9.17) is 16.3 Å². The van der Waals surface area contributed by atoms with Gasteiger partial charge in [0.25, 0.3) is 0 Å². The van der Waals surface area contributed by atoms with Crippen LogP contribution >= 0.6 is 11.6 Å². The standard InChI is InChI=1S/C26H23ClN6O3/c1-2-24(34)29-12-9-25(35)32-18-3-5-22-20(13-18)26(31-16-30-22)33-19-4-6-23(21(27)14-19)36-15-17-7-10-28-11-8-17/h2-8,10-11,13-14,16H,1,9,12,15H2,(H,29,34)(H,32,35)(H,30,31,33). The Bertz CT molecular complexity index is 1400. The number of aromatic nitrogens is 3. The van der Waals surface area contributed by atoms with Crippen LogP contribution in [0.25, 0.3) is 10.9 Å². The molecule has 2 amide bonds. The number of carbonyl (C=O) groups is 2. The number of hydrogen-bond acceptors (Lipinski definition) is 7. The second-order valence-electron chi connectivity index (χ2n) is 7.66. The summed E-state index contributed by atoms with van der Waals surface area (Å²) >= 11 is 6.44. The third-order valence-electron chi connectivity index (χ3n) is 5.09. The minimum Gasteiger partial charge on any atom is -0.487 e. The fourth-order valence-corrected chi connectivity index (χ4v) is 3.54. The highest BCUT2D eigenvalue weighted by Crippen LogP contribution is 2.31. The van der Waals surface area contributed by atoms with E-state index in [1.165, 1.54) is 6.33 Å². The first kappa shape index (κ1) is 24.6. The second-order valence-corrected chi connectivity index (χ2v) is 8.07. The van der Waals surface area contributed by atoms with Crippen LogP contribution in [0, 0.1) is 0 Å². The summed E-state index contributed by atoms with van der Waals surface area (Å²) in [5.41, 5.74) is 2.98. The lowest BCUT2D eigenvalue weighted by Gasteiger charge is -2.12. The van der Waals surface area contributed by atoms with E-state index < -0.39 is 0 Å². The van der Waals surface area contributed by atoms with Gasteiger partial charge in [0.15, 0.2) is 0 Å². The van der Waals surface area contributed by atoms with Crippen molar-refractivity contribution in [2.45, 2.75) is 13.0 Å². The number of nitrogens with zero attached hydrogens (tertiary/aromatic N) is 3. The van der Waals surface area contributed by atoms with E-state index >= 15 is 0 Å². The number of halogens is 1. The number of nitrogens with one attached hydrogen (secondary N) is 3. The fourth-order valence-electron chi connectivity index (χ4n) is 3.30. The molecule has 0 radical (unpaired) electrons. The van der Waals surface area contributed by atoms with E-state index in [-0.39, 0.29) is 24.8 Å². The molecule has 0 unspecified atom stereocenters. The van der Waals surface area contributed by atoms with Crippen LogP contribution in [-0.4, -0.2) is 33.3 Å². The highest BCUT2D eigenvalue weighted by atomic mass is 35.5. The van der Waals surface area contributed by atoms with Crippen molar-refractivity contribution in [2.75, 3.05) is 17.2 Å². The molecule has 10 heteroatoms. The summed E-state index contributed by atoms with van der Waals surface area (Å²) in [6, 6.07) is 14.5. The van der Waals surface area contributed by atoms with Gasteiger partial charge in [0.05, 0.1) is 10.5 Å². The largest absolute Gasteiger partial charge is 0.487 e. The summed E-state index contributed by atoms with van der Waals surface area (Å²) in [5.74, 6) is 0.547. The maximum absolute atomic E-state index is 12.2. The van der Waals surface area contributed by atoms with Crippen molar-refractivity contribution in [2.24, 2.45) is 0 Å². The SMILES string of the molecule is C=CC(=O)NCCC(=O)Nc1ccc2ncnc(Nc3ccc(OCc4ccncc4)c(Cl)c3)c2c1. The van der Waals surface area contributed by atoms with Gasteiger partial charge in [0.2, 0.25) is 11.8 Å². The molecule has 0 atom stereocenters. The zero-order chi connectivity index (χ0) is 25.3. The molecule has 2 aromatic carbocycles. The first-order valence-electron chi connectivity index (χ1n) is 11.0. The Kier molecular flexibility index (Phi) is 8.05. The van der Waals surface area contributed by atoms with Gasteiger partial charge < -0.3 is 20.7 Å². The number of amides is 2. The van der Waals surface area contributed by atoms with Crippen LogP contribution in [0.15, 0.2) is 79.9 Å². The Labute approximate surface area is 212 Å². The van der Waals surface area contributed by atoms with Crippen molar-refractivity contribution in [1.82, 2.24) is 20.3 Å². The average molecular weight is 503 g/mol. The van der Waals surface area contributed by atoms with Crippen LogP contribution in [0.2, 0.25) is 5.02 Å². The smallest absolute Gasteiger partial charge is 0.243 e. The summed E-state index contributed by atoms with van der Waals surface area (Å²) in [6.07, 6.45) is 6.16. The molecule has 36 heavy (non-hydrogen) atoms. The Balaban J connectivity index is 1.44. The van der Waals surface area contributed by atoms with Gasteiger partial charge in [0.1, 0.15) is 24.5 Å². The normalized spacial score (nSPS) is 10.5. The van der Waals surface area contributed by atoms with Gasteiger partial charge >= 0.3 is 0 Å². The van der Waals surface area contributed by atoms with Gasteiger partial charge in [-0.1, -0.05) is 18.2 Å². The lowest BCUT2D eigenvalue weighted by molar-refractivity contribution is -0.117. The van der Waals surface area contributed by atoms with Gasteiger partial charge in [0, 0.05) is 42.1 Å². The molecule has 9 nitrogen and oxygen atoms in total. The maximum Gasteiger partial charge on any atom is 0.243 e. The Morgan fingerprint density at radius 3 is 2.61 bits per heavy atom. The van der Waals surface area contributed by atoms with Crippen molar-refractivity contribution >= 4 is 51.5 Å². The summed E-state index contributed by atoms with van der Waals surface area (Å²) in [5, 5.41) is 9.80. The van der Waals surface area contributed by atoms with Crippen LogP contribution < -0.4 is 20.7 Å². The van der Waals surface area contributed by atoms with Crippen molar-refractivity contribution in [1.29, 1.82) is 0 Å². The maximum atomic E-state index is 12.2. The van der Waals surface area contributed by atoms with E-state index in [0.717, 1.165) is 11.6 Å². The van der Waals surface area contributed by atoms with Crippen LogP contribution in [0.4, 0.5) is 17.2 Å². The number of carbonyl (C=O) groups excluding carboxylic acids is 2. The van der Waals surface area contributed by atoms with Crippen LogP contribution in [0.3, 0.4) is 0 Å². The minimum atomic E-state index is -0.324. The van der Waals surface area contributed by atoms with Crippen LogP contribution in [-0.2, 0) is 16.2 Å². The average Bonchev–Trinajstić information content (AvgIpc) is 2.89. The molecular formula is C26H23ClN6O3. The van der Waals surface area contributed by atoms with Crippen molar-refractivity contribution in [3.63, 3.8) is 0 Å². The fraction of sp³-hybridized carbons (Fsp3) is 0.115. The van der Waals surface area contributed by atoms with E-state index in [2.05, 4.69) is 37.5 Å². The first-order valence-corrected chi connectivity index (χ1v) is 11.4. The van der Waals surface area contributed by atoms with Gasteiger partial charge in [-0.3, -0.25) is 14.6 Å². The van der Waals surface area contributed by atoms with Crippen molar-refractivity contribution < 1.29 is 14.3 Å². The molecule has 0 spiro atoms. The van der Waals surface area contributed by atoms with Gasteiger partial charge in [-0.2, -0.15) is 0 Å². The lowest BCUT2D eigenvalue weighted by Crippen LogP contribution is -2.25. The van der Waals surface area contributed by atoms with Crippen molar-refractivity contribution in [3.05, 3.63) is 90.5 Å². The first-order chi connectivity index (χ1) is 17.5. The summed E-state index contributed by atoms with van der Waals surface area (Å²) in [6.45, 7) is 3.96. The molecular weight excluding hydrogens is 480 g/mol. The second kappa shape index (κ2) is 11.8. The Hall–Kier alpha value is -4.50. The van der Waals surface area contributed by atoms with E-state index in [1.807, 2.05) is 18.2 Å².